The number of nitrogens with zero attached hydrogens (tertiary/aromatic N) is 21. The van der Waals surface area contributed by atoms with Crippen molar-refractivity contribution in [3.63, 3.8) is 0 Å². The van der Waals surface area contributed by atoms with E-state index in [1.165, 1.54) is 6.39 Å². The number of nitrogens with one attached hydrogen (secondary N) is 4. The second-order valence-corrected chi connectivity index (χ2v) is 34.6. The van der Waals surface area contributed by atoms with E-state index in [0.717, 1.165) is 260 Å². The molecule has 692 valence electrons. The van der Waals surface area contributed by atoms with Gasteiger partial charge in [0.05, 0.1) is 104 Å². The number of anilines is 7. The molecule has 131 heavy (non-hydrogen) atoms. The second kappa shape index (κ2) is 43.6. The summed E-state index contributed by atoms with van der Waals surface area (Å²) in [6.07, 6.45) is 20.4. The number of hydrogen-bond acceptors (Lipinski definition) is 30. The summed E-state index contributed by atoms with van der Waals surface area (Å²) >= 11 is 24.4. The lowest BCUT2D eigenvalue weighted by Gasteiger charge is -2.28. The van der Waals surface area contributed by atoms with Crippen LogP contribution in [0.3, 0.4) is 0 Å². The van der Waals surface area contributed by atoms with Crippen molar-refractivity contribution in [3.05, 3.63) is 226 Å². The van der Waals surface area contributed by atoms with Crippen LogP contribution in [0.15, 0.2) is 97.6 Å². The second-order valence-electron chi connectivity index (χ2n) is 33.0. The molecule has 0 saturated carbocycles. The van der Waals surface area contributed by atoms with Crippen LogP contribution in [0.5, 0.6) is 0 Å². The molecule has 7 aliphatic heterocycles. The van der Waals surface area contributed by atoms with Gasteiger partial charge in [-0.15, -0.1) is 15.3 Å². The lowest BCUT2D eigenvalue weighted by atomic mass is 10.0. The SMILES string of the molecule is Cc1c(-c2nc(CN3CCNCC3)no2)cnc2c1N(Cc1c(F)ccc(F)c1Cl)CCCC2.Cc1c(-c2nc(CN3CCNCC3)no2)cnc2c1N(Cc1c(F)ccc(F)c1Cl)CCCC2.Fc1ccc(F)c(CN2CCCCc3ncc(NCc4nnco4)nc32)c1Cl.NC1CCN(Cc2nnc(Nc3cnc4c(n3)N(Cc3c(F)ccc(F)c3Cl)CCCC4)o2)CC1. The highest BCUT2D eigenvalue weighted by Gasteiger charge is 2.32. The monoisotopic (exact) mass is 1890 g/mol. The van der Waals surface area contributed by atoms with E-state index in [1.54, 1.807) is 24.8 Å². The largest absolute Gasteiger partial charge is 0.426 e. The standard InChI is InChI=1S/2C24H27ClF2N6O.C23H27ClF2N8O.C18H17ClF2N6O/c2*1-15-16(24-30-21(31-34-24)14-32-10-7-28-8-11-32)12-29-20-4-2-3-9-33(23(15)20)13-17-18(26)5-6-19(27)22(17)25;24-21-15(16(25)4-5-17(21)26)12-34-8-2-1-3-18-22(34)29-19(11-28-18)30-23-32-31-20(35-23)13-33-9-6-14(27)7-10-33;19-17-11(12(20)4-5-13(17)21)9-27-6-2-1-3-14-18(27)25-15(7-22-14)23-8-16-26-24-10-28-16/h2*5-6,12,28H,2-4,7-11,13-14H2,1H3;4-5,11,14H,1-3,6-10,12-13,27H2,(H,29,30,32);4-5,7,10H,1-3,6,8-9H2,(H,23,25). The van der Waals surface area contributed by atoms with Crippen LogP contribution in [-0.2, 0) is 78.0 Å². The van der Waals surface area contributed by atoms with Gasteiger partial charge in [0.1, 0.15) is 52.4 Å². The molecule has 0 amide bonds. The van der Waals surface area contributed by atoms with Crippen molar-refractivity contribution in [3.8, 4) is 22.9 Å². The Bertz CT molecular complexity index is 5740. The minimum Gasteiger partial charge on any atom is -0.426 e. The summed E-state index contributed by atoms with van der Waals surface area (Å²) in [6, 6.07) is 9.03. The molecule has 6 N–H and O–H groups in total. The summed E-state index contributed by atoms with van der Waals surface area (Å²) in [5.74, 6) is 0.497. The minimum absolute atomic E-state index is 0.0811. The quantitative estimate of drug-likeness (QED) is 0.0329. The van der Waals surface area contributed by atoms with Crippen molar-refractivity contribution in [1.82, 2.24) is 95.9 Å². The van der Waals surface area contributed by atoms with E-state index in [0.29, 0.717) is 111 Å². The van der Waals surface area contributed by atoms with Gasteiger partial charge in [0, 0.05) is 158 Å². The smallest absolute Gasteiger partial charge is 0.321 e. The Balaban J connectivity index is 0.000000128. The molecule has 0 unspecified atom stereocenters. The third-order valence-electron chi connectivity index (χ3n) is 24.0. The predicted octanol–water partition coefficient (Wildman–Crippen LogP) is 15.8. The maximum absolute atomic E-state index is 14.6. The Kier molecular flexibility index (Phi) is 31.1. The highest BCUT2D eigenvalue weighted by molar-refractivity contribution is 6.32. The van der Waals surface area contributed by atoms with Crippen molar-refractivity contribution < 1.29 is 53.0 Å². The van der Waals surface area contributed by atoms with Crippen molar-refractivity contribution in [2.45, 2.75) is 162 Å². The van der Waals surface area contributed by atoms with Gasteiger partial charge in [-0.05, 0) is 163 Å². The molecule has 3 saturated heterocycles. The van der Waals surface area contributed by atoms with Crippen LogP contribution < -0.4 is 46.6 Å². The first-order valence-electron chi connectivity index (χ1n) is 43.9. The summed E-state index contributed by atoms with van der Waals surface area (Å²) in [5, 5.41) is 36.0. The van der Waals surface area contributed by atoms with E-state index >= 15 is 0 Å². The lowest BCUT2D eigenvalue weighted by Crippen LogP contribution is -2.43. The number of aromatic nitrogens is 14. The Morgan fingerprint density at radius 2 is 0.809 bits per heavy atom. The first kappa shape index (κ1) is 93.3. The molecule has 3 fully saturated rings. The predicted molar refractivity (Wildman–Crippen MR) is 478 cm³/mol. The highest BCUT2D eigenvalue weighted by atomic mass is 35.5. The fraction of sp³-hybridized carbons (Fsp3) is 0.438. The van der Waals surface area contributed by atoms with Crippen molar-refractivity contribution in [2.24, 2.45) is 5.73 Å². The highest BCUT2D eigenvalue weighted by Crippen LogP contribution is 2.41. The first-order chi connectivity index (χ1) is 63.6. The van der Waals surface area contributed by atoms with Gasteiger partial charge in [-0.1, -0.05) is 61.8 Å². The Morgan fingerprint density at radius 3 is 1.24 bits per heavy atom. The van der Waals surface area contributed by atoms with Crippen LogP contribution in [-0.4, -0.2) is 183 Å². The number of hydrogen-bond donors (Lipinski definition) is 5. The maximum Gasteiger partial charge on any atom is 0.321 e. The molecular formula is C89H98Cl4F8N26O4. The number of pyridine rings is 2. The number of rotatable bonds is 21. The molecule has 19 rings (SSSR count). The number of fused-ring (bicyclic) bond motifs is 4. The zero-order valence-corrected chi connectivity index (χ0v) is 75.2. The maximum atomic E-state index is 14.6. The number of piperazine rings is 2. The third kappa shape index (κ3) is 23.0. The van der Waals surface area contributed by atoms with Crippen LogP contribution in [0.25, 0.3) is 22.9 Å². The summed E-state index contributed by atoms with van der Waals surface area (Å²) in [7, 11) is 0. The molecule has 4 aromatic carbocycles. The molecule has 0 bridgehead atoms. The molecule has 7 aliphatic rings. The number of piperidine rings is 1. The van der Waals surface area contributed by atoms with Gasteiger partial charge in [0.15, 0.2) is 29.1 Å². The van der Waals surface area contributed by atoms with Gasteiger partial charge in [0.25, 0.3) is 11.8 Å². The van der Waals surface area contributed by atoms with Gasteiger partial charge in [-0.3, -0.25) is 40.0 Å². The number of likely N-dealkylation sites (tertiary alicyclic amines) is 1. The molecule has 12 aromatic rings. The van der Waals surface area contributed by atoms with Crippen LogP contribution >= 0.6 is 46.4 Å². The van der Waals surface area contributed by atoms with Crippen LogP contribution in [0.1, 0.15) is 144 Å². The molecule has 42 heteroatoms. The average Bonchev–Trinajstić information content (AvgIpc) is 1.72. The van der Waals surface area contributed by atoms with Crippen molar-refractivity contribution in [1.29, 1.82) is 0 Å². The van der Waals surface area contributed by atoms with E-state index in [9.17, 15) is 35.1 Å². The normalized spacial score (nSPS) is 16.4. The van der Waals surface area contributed by atoms with Gasteiger partial charge >= 0.3 is 6.01 Å². The molecule has 0 radical (unpaired) electrons. The summed E-state index contributed by atoms with van der Waals surface area (Å²) in [5.41, 5.74) is 15.1. The number of nitrogens with two attached hydrogens (primary N) is 1. The van der Waals surface area contributed by atoms with E-state index in [4.69, 9.17) is 85.0 Å². The molecule has 30 nitrogen and oxygen atoms in total. The Morgan fingerprint density at radius 1 is 0.420 bits per heavy atom. The number of aryl methyl sites for hydroxylation is 4. The zero-order valence-electron chi connectivity index (χ0n) is 72.2. The molecule has 8 aromatic heterocycles. The van der Waals surface area contributed by atoms with Crippen LogP contribution in [0.2, 0.25) is 20.1 Å². The summed E-state index contributed by atoms with van der Waals surface area (Å²) in [4.78, 5) is 51.7. The molecule has 0 spiro atoms. The van der Waals surface area contributed by atoms with Gasteiger partial charge in [-0.25, -0.2) is 45.1 Å². The number of halogens is 12. The Hall–Kier alpha value is -10.9. The van der Waals surface area contributed by atoms with Gasteiger partial charge in [0.2, 0.25) is 18.2 Å². The van der Waals surface area contributed by atoms with Gasteiger partial charge in [-0.2, -0.15) is 9.97 Å². The topological polar surface area (TPSA) is 330 Å². The molecule has 15 heterocycles. The minimum atomic E-state index is -0.654. The van der Waals surface area contributed by atoms with E-state index in [2.05, 4.69) is 91.6 Å². The van der Waals surface area contributed by atoms with E-state index < -0.39 is 46.5 Å². The van der Waals surface area contributed by atoms with E-state index in [1.807, 2.05) is 33.4 Å². The third-order valence-corrected chi connectivity index (χ3v) is 25.7. The average molecular weight is 1890 g/mol. The lowest BCUT2D eigenvalue weighted by molar-refractivity contribution is 0.189. The molecular weight excluding hydrogens is 1790 g/mol. The van der Waals surface area contributed by atoms with Gasteiger partial charge < -0.3 is 59.2 Å². The fourth-order valence-corrected chi connectivity index (χ4v) is 17.9. The van der Waals surface area contributed by atoms with Crippen molar-refractivity contribution in [2.75, 3.05) is 122 Å². The van der Waals surface area contributed by atoms with Crippen LogP contribution in [0.4, 0.5) is 75.8 Å². The summed E-state index contributed by atoms with van der Waals surface area (Å²) < 4.78 is 136. The first-order valence-corrected chi connectivity index (χ1v) is 45.4. The Labute approximate surface area is 770 Å². The zero-order chi connectivity index (χ0) is 91.2. The fourth-order valence-electron chi connectivity index (χ4n) is 17.0. The van der Waals surface area contributed by atoms with Crippen molar-refractivity contribution >= 4 is 87.1 Å². The number of benzene rings is 4. The summed E-state index contributed by atoms with van der Waals surface area (Å²) in [6.45, 7) is 18.6. The van der Waals surface area contributed by atoms with Crippen LogP contribution in [0, 0.1) is 60.4 Å². The molecule has 0 aliphatic carbocycles. The molecule has 0 atom stereocenters. The van der Waals surface area contributed by atoms with E-state index in [-0.39, 0.29) is 80.6 Å².